The number of carboxylic acid groups (broad SMARTS) is 1. The summed E-state index contributed by atoms with van der Waals surface area (Å²) in [5, 5.41) is 21.1. The first-order valence-electron chi connectivity index (χ1n) is 5.64. The average Bonchev–Trinajstić information content (AvgIpc) is 2.44. The molecule has 0 saturated heterocycles. The Morgan fingerprint density at radius 1 is 1.47 bits per heavy atom. The van der Waals surface area contributed by atoms with Crippen molar-refractivity contribution < 1.29 is 15.0 Å². The van der Waals surface area contributed by atoms with Crippen LogP contribution in [0, 0.1) is 11.8 Å². The molecule has 4 heteroatoms. The van der Waals surface area contributed by atoms with Gasteiger partial charge in [-0.3, -0.25) is 4.79 Å². The molecule has 0 radical (unpaired) electrons. The van der Waals surface area contributed by atoms with Crippen LogP contribution in [0.4, 0.5) is 0 Å². The summed E-state index contributed by atoms with van der Waals surface area (Å²) in [6.45, 7) is 4.83. The maximum Gasteiger partial charge on any atom is 0.306 e. The molecule has 4 atom stereocenters. The molecule has 4 nitrogen and oxygen atoms in total. The van der Waals surface area contributed by atoms with Crippen LogP contribution in [0.25, 0.3) is 0 Å². The second-order valence-corrected chi connectivity index (χ2v) is 4.68. The van der Waals surface area contributed by atoms with Crippen molar-refractivity contribution in [3.05, 3.63) is 0 Å². The van der Waals surface area contributed by atoms with Gasteiger partial charge in [-0.1, -0.05) is 13.8 Å². The smallest absolute Gasteiger partial charge is 0.306 e. The van der Waals surface area contributed by atoms with Gasteiger partial charge >= 0.3 is 5.97 Å². The van der Waals surface area contributed by atoms with E-state index in [1.54, 1.807) is 0 Å². The monoisotopic (exact) mass is 215 g/mol. The van der Waals surface area contributed by atoms with E-state index in [9.17, 15) is 9.90 Å². The lowest BCUT2D eigenvalue weighted by Gasteiger charge is -2.21. The molecular weight excluding hydrogens is 194 g/mol. The minimum atomic E-state index is -0.947. The molecule has 1 aliphatic rings. The van der Waals surface area contributed by atoms with Crippen molar-refractivity contribution >= 4 is 5.97 Å². The summed E-state index contributed by atoms with van der Waals surface area (Å²) in [6, 6.07) is 0.434. The minimum Gasteiger partial charge on any atom is -0.481 e. The first kappa shape index (κ1) is 12.5. The number of carboxylic acids is 1. The summed E-state index contributed by atoms with van der Waals surface area (Å²) in [7, 11) is 0. The maximum absolute atomic E-state index is 10.3. The van der Waals surface area contributed by atoms with Gasteiger partial charge in [0.1, 0.15) is 0 Å². The molecular formula is C11H21NO3. The number of carbonyl (C=O) groups is 1. The SMILES string of the molecule is CC1CCC(NCC(O)CC(=O)O)C1C. The molecule has 0 aromatic heterocycles. The van der Waals surface area contributed by atoms with E-state index in [-0.39, 0.29) is 6.42 Å². The summed E-state index contributed by atoms with van der Waals surface area (Å²) < 4.78 is 0. The molecule has 0 spiro atoms. The molecule has 4 unspecified atom stereocenters. The van der Waals surface area contributed by atoms with Crippen molar-refractivity contribution in [2.24, 2.45) is 11.8 Å². The molecule has 0 aliphatic heterocycles. The second-order valence-electron chi connectivity index (χ2n) is 4.68. The summed E-state index contributed by atoms with van der Waals surface area (Å²) in [4.78, 5) is 10.3. The zero-order chi connectivity index (χ0) is 11.4. The molecule has 0 aromatic carbocycles. The standard InChI is InChI=1S/C11H21NO3/c1-7-3-4-10(8(7)2)12-6-9(13)5-11(14)15/h7-10,12-13H,3-6H2,1-2H3,(H,14,15). The second kappa shape index (κ2) is 5.47. The minimum absolute atomic E-state index is 0.177. The topological polar surface area (TPSA) is 69.6 Å². The van der Waals surface area contributed by atoms with Crippen molar-refractivity contribution in [1.82, 2.24) is 5.32 Å². The number of aliphatic carboxylic acids is 1. The first-order chi connectivity index (χ1) is 7.00. The fourth-order valence-corrected chi connectivity index (χ4v) is 2.21. The predicted molar refractivity (Wildman–Crippen MR) is 57.6 cm³/mol. The number of hydrogen-bond donors (Lipinski definition) is 3. The average molecular weight is 215 g/mol. The van der Waals surface area contributed by atoms with Crippen molar-refractivity contribution in [1.29, 1.82) is 0 Å². The van der Waals surface area contributed by atoms with Gasteiger partial charge < -0.3 is 15.5 Å². The highest BCUT2D eigenvalue weighted by molar-refractivity contribution is 5.67. The Morgan fingerprint density at radius 2 is 2.13 bits per heavy atom. The fourth-order valence-electron chi connectivity index (χ4n) is 2.21. The number of hydrogen-bond acceptors (Lipinski definition) is 3. The van der Waals surface area contributed by atoms with E-state index in [2.05, 4.69) is 19.2 Å². The number of aliphatic hydroxyl groups is 1. The van der Waals surface area contributed by atoms with E-state index in [0.29, 0.717) is 18.5 Å². The van der Waals surface area contributed by atoms with Gasteiger partial charge in [-0.15, -0.1) is 0 Å². The van der Waals surface area contributed by atoms with Gasteiger partial charge in [0.05, 0.1) is 12.5 Å². The predicted octanol–water partition coefficient (Wildman–Crippen LogP) is 0.846. The van der Waals surface area contributed by atoms with Crippen LogP contribution in [-0.2, 0) is 4.79 Å². The quantitative estimate of drug-likeness (QED) is 0.636. The zero-order valence-corrected chi connectivity index (χ0v) is 9.44. The van der Waals surface area contributed by atoms with Crippen LogP contribution in [0.3, 0.4) is 0 Å². The highest BCUT2D eigenvalue weighted by atomic mass is 16.4. The van der Waals surface area contributed by atoms with Crippen molar-refractivity contribution in [3.63, 3.8) is 0 Å². The highest BCUT2D eigenvalue weighted by Crippen LogP contribution is 2.30. The van der Waals surface area contributed by atoms with Crippen molar-refractivity contribution in [2.45, 2.75) is 45.3 Å². The third-order valence-corrected chi connectivity index (χ3v) is 3.49. The molecule has 0 heterocycles. The van der Waals surface area contributed by atoms with E-state index in [1.165, 1.54) is 6.42 Å². The Labute approximate surface area is 90.7 Å². The van der Waals surface area contributed by atoms with E-state index in [0.717, 1.165) is 12.3 Å². The van der Waals surface area contributed by atoms with E-state index in [1.807, 2.05) is 0 Å². The van der Waals surface area contributed by atoms with Gasteiger partial charge in [0, 0.05) is 12.6 Å². The summed E-state index contributed by atoms with van der Waals surface area (Å²) in [5.41, 5.74) is 0. The van der Waals surface area contributed by atoms with Crippen LogP contribution in [0.1, 0.15) is 33.1 Å². The van der Waals surface area contributed by atoms with E-state index >= 15 is 0 Å². The van der Waals surface area contributed by atoms with Crippen molar-refractivity contribution in [2.75, 3.05) is 6.54 Å². The lowest BCUT2D eigenvalue weighted by molar-refractivity contribution is -0.139. The van der Waals surface area contributed by atoms with Gasteiger partial charge in [0.2, 0.25) is 0 Å². The van der Waals surface area contributed by atoms with Crippen LogP contribution >= 0.6 is 0 Å². The molecule has 0 amide bonds. The van der Waals surface area contributed by atoms with Crippen LogP contribution in [0.5, 0.6) is 0 Å². The molecule has 0 aromatic rings. The van der Waals surface area contributed by atoms with Crippen molar-refractivity contribution in [3.8, 4) is 0 Å². The lowest BCUT2D eigenvalue weighted by Crippen LogP contribution is -2.38. The largest absolute Gasteiger partial charge is 0.481 e. The van der Waals surface area contributed by atoms with Gasteiger partial charge in [-0.2, -0.15) is 0 Å². The first-order valence-corrected chi connectivity index (χ1v) is 5.64. The Bertz CT molecular complexity index is 220. The normalized spacial score (nSPS) is 32.9. The third kappa shape index (κ3) is 3.80. The molecule has 0 bridgehead atoms. The Kier molecular flexibility index (Phi) is 4.54. The van der Waals surface area contributed by atoms with Crippen LogP contribution in [0.2, 0.25) is 0 Å². The van der Waals surface area contributed by atoms with E-state index < -0.39 is 12.1 Å². The van der Waals surface area contributed by atoms with Crippen LogP contribution in [0.15, 0.2) is 0 Å². The molecule has 3 N–H and O–H groups in total. The zero-order valence-electron chi connectivity index (χ0n) is 9.44. The van der Waals surface area contributed by atoms with Crippen LogP contribution in [-0.4, -0.2) is 34.9 Å². The molecule has 1 saturated carbocycles. The number of rotatable bonds is 5. The summed E-state index contributed by atoms with van der Waals surface area (Å²) in [5.74, 6) is 0.387. The van der Waals surface area contributed by atoms with E-state index in [4.69, 9.17) is 5.11 Å². The fraction of sp³-hybridized carbons (Fsp3) is 0.909. The Morgan fingerprint density at radius 3 is 2.60 bits per heavy atom. The summed E-state index contributed by atoms with van der Waals surface area (Å²) in [6.07, 6.45) is 1.39. The maximum atomic E-state index is 10.3. The van der Waals surface area contributed by atoms with Gasteiger partial charge in [0.25, 0.3) is 0 Å². The highest BCUT2D eigenvalue weighted by Gasteiger charge is 2.29. The molecule has 1 aliphatic carbocycles. The van der Waals surface area contributed by atoms with Gasteiger partial charge in [-0.05, 0) is 24.7 Å². The van der Waals surface area contributed by atoms with Crippen LogP contribution < -0.4 is 5.32 Å². The number of nitrogens with one attached hydrogen (secondary N) is 1. The Hall–Kier alpha value is -0.610. The molecule has 1 rings (SSSR count). The summed E-state index contributed by atoms with van der Waals surface area (Å²) >= 11 is 0. The Balaban J connectivity index is 2.22. The molecule has 1 fully saturated rings. The third-order valence-electron chi connectivity index (χ3n) is 3.49. The lowest BCUT2D eigenvalue weighted by atomic mass is 9.98. The van der Waals surface area contributed by atoms with Gasteiger partial charge in [0.15, 0.2) is 0 Å². The van der Waals surface area contributed by atoms with Gasteiger partial charge in [-0.25, -0.2) is 0 Å². The molecule has 88 valence electrons. The molecule has 15 heavy (non-hydrogen) atoms. The number of aliphatic hydroxyl groups excluding tert-OH is 1.